The maximum Gasteiger partial charge on any atom is 0.243 e. The summed E-state index contributed by atoms with van der Waals surface area (Å²) >= 11 is 0. The van der Waals surface area contributed by atoms with Gasteiger partial charge in [0, 0.05) is 50.9 Å². The molecule has 4 rings (SSSR count). The third kappa shape index (κ3) is 5.03. The number of anilines is 1. The number of nitrogens with one attached hydrogen (secondary N) is 1. The molecule has 7 nitrogen and oxygen atoms in total. The van der Waals surface area contributed by atoms with Gasteiger partial charge in [-0.3, -0.25) is 9.59 Å². The summed E-state index contributed by atoms with van der Waals surface area (Å²) in [5, 5.41) is 3.23. The molecule has 0 spiro atoms. The van der Waals surface area contributed by atoms with Gasteiger partial charge in [-0.2, -0.15) is 0 Å². The van der Waals surface area contributed by atoms with Crippen molar-refractivity contribution in [2.45, 2.75) is 58.2 Å². The zero-order valence-corrected chi connectivity index (χ0v) is 18.3. The van der Waals surface area contributed by atoms with Gasteiger partial charge in [-0.25, -0.2) is 9.97 Å². The lowest BCUT2D eigenvalue weighted by molar-refractivity contribution is -0.142. The fourth-order valence-corrected chi connectivity index (χ4v) is 4.46. The first-order valence-corrected chi connectivity index (χ1v) is 11.2. The third-order valence-corrected chi connectivity index (χ3v) is 6.13. The van der Waals surface area contributed by atoms with Gasteiger partial charge in [0.25, 0.3) is 0 Å². The highest BCUT2D eigenvalue weighted by Crippen LogP contribution is 2.25. The number of piperidine rings is 1. The van der Waals surface area contributed by atoms with Gasteiger partial charge in [0.2, 0.25) is 17.8 Å². The molecule has 1 aromatic heterocycles. The van der Waals surface area contributed by atoms with E-state index in [-0.39, 0.29) is 23.8 Å². The molecule has 31 heavy (non-hydrogen) atoms. The molecular weight excluding hydrogens is 390 g/mol. The van der Waals surface area contributed by atoms with Crippen LogP contribution in [0.3, 0.4) is 0 Å². The number of hydrogen-bond donors (Lipinski definition) is 1. The predicted octanol–water partition coefficient (Wildman–Crippen LogP) is 2.56. The molecule has 2 aliphatic heterocycles. The smallest absolute Gasteiger partial charge is 0.243 e. The Morgan fingerprint density at radius 3 is 2.42 bits per heavy atom. The number of benzene rings is 1. The van der Waals surface area contributed by atoms with E-state index in [4.69, 9.17) is 0 Å². The summed E-state index contributed by atoms with van der Waals surface area (Å²) in [4.78, 5) is 38.8. The quantitative estimate of drug-likeness (QED) is 0.803. The van der Waals surface area contributed by atoms with Crippen LogP contribution >= 0.6 is 0 Å². The first kappa shape index (κ1) is 21.3. The summed E-state index contributed by atoms with van der Waals surface area (Å²) in [6, 6.07) is 9.59. The highest BCUT2D eigenvalue weighted by atomic mass is 16.2. The van der Waals surface area contributed by atoms with Crippen LogP contribution in [0.5, 0.6) is 0 Å². The summed E-state index contributed by atoms with van der Waals surface area (Å²) in [5.74, 6) is 1.02. The Morgan fingerprint density at radius 1 is 1.06 bits per heavy atom. The van der Waals surface area contributed by atoms with Gasteiger partial charge in [-0.1, -0.05) is 38.1 Å². The molecular formula is C24H31N5O2. The van der Waals surface area contributed by atoms with Gasteiger partial charge >= 0.3 is 0 Å². The largest absolute Gasteiger partial charge is 0.351 e. The summed E-state index contributed by atoms with van der Waals surface area (Å²) in [7, 11) is 0. The Balaban J connectivity index is 1.41. The SMILES string of the molecule is CC(C)CC(=O)N1Cc2ccccc2CC1C(=O)NC1CCN(c2ncccn2)CC1. The Morgan fingerprint density at radius 2 is 1.74 bits per heavy atom. The predicted molar refractivity (Wildman–Crippen MR) is 119 cm³/mol. The van der Waals surface area contributed by atoms with Crippen molar-refractivity contribution in [1.82, 2.24) is 20.2 Å². The van der Waals surface area contributed by atoms with Crippen LogP contribution in [0.15, 0.2) is 42.7 Å². The fraction of sp³-hybridized carbons (Fsp3) is 0.500. The molecule has 1 aromatic carbocycles. The average molecular weight is 422 g/mol. The van der Waals surface area contributed by atoms with Crippen LogP contribution < -0.4 is 10.2 Å². The molecule has 1 unspecified atom stereocenters. The molecule has 164 valence electrons. The Bertz CT molecular complexity index is 909. The molecule has 1 fully saturated rings. The Labute approximate surface area is 183 Å². The maximum atomic E-state index is 13.3. The second-order valence-corrected chi connectivity index (χ2v) is 8.93. The maximum absolute atomic E-state index is 13.3. The first-order valence-electron chi connectivity index (χ1n) is 11.2. The standard InChI is InChI=1S/C24H31N5O2/c1-17(2)14-22(30)29-16-19-7-4-3-6-18(19)15-21(29)23(31)27-20-8-12-28(13-9-20)24-25-10-5-11-26-24/h3-7,10-11,17,20-21H,8-9,12-16H2,1-2H3,(H,27,31). The lowest BCUT2D eigenvalue weighted by Crippen LogP contribution is -2.55. The number of hydrogen-bond acceptors (Lipinski definition) is 5. The minimum absolute atomic E-state index is 0.0407. The van der Waals surface area contributed by atoms with Gasteiger partial charge in [0.05, 0.1) is 0 Å². The normalized spacial score (nSPS) is 19.3. The number of carbonyl (C=O) groups excluding carboxylic acids is 2. The molecule has 0 saturated carbocycles. The van der Waals surface area contributed by atoms with E-state index in [1.54, 1.807) is 17.3 Å². The van der Waals surface area contributed by atoms with Gasteiger partial charge < -0.3 is 15.1 Å². The average Bonchev–Trinajstić information content (AvgIpc) is 2.79. The molecule has 1 atom stereocenters. The molecule has 7 heteroatoms. The van der Waals surface area contributed by atoms with Gasteiger partial charge in [-0.15, -0.1) is 0 Å². The number of nitrogens with zero attached hydrogens (tertiary/aromatic N) is 4. The molecule has 0 radical (unpaired) electrons. The van der Waals surface area contributed by atoms with Crippen molar-refractivity contribution >= 4 is 17.8 Å². The van der Waals surface area contributed by atoms with Crippen molar-refractivity contribution in [1.29, 1.82) is 0 Å². The van der Waals surface area contributed by atoms with E-state index in [0.29, 0.717) is 19.4 Å². The van der Waals surface area contributed by atoms with Gasteiger partial charge in [0.15, 0.2) is 0 Å². The number of fused-ring (bicyclic) bond motifs is 1. The van der Waals surface area contributed by atoms with Crippen LogP contribution in [-0.4, -0.2) is 51.9 Å². The highest BCUT2D eigenvalue weighted by molar-refractivity contribution is 5.88. The van der Waals surface area contributed by atoms with Crippen molar-refractivity contribution in [2.24, 2.45) is 5.92 Å². The van der Waals surface area contributed by atoms with E-state index in [1.807, 2.05) is 32.0 Å². The van der Waals surface area contributed by atoms with Crippen molar-refractivity contribution in [3.05, 3.63) is 53.9 Å². The van der Waals surface area contributed by atoms with Crippen molar-refractivity contribution in [3.63, 3.8) is 0 Å². The van der Waals surface area contributed by atoms with Crippen LogP contribution in [0, 0.1) is 5.92 Å². The van der Waals surface area contributed by atoms with Crippen molar-refractivity contribution in [2.75, 3.05) is 18.0 Å². The van der Waals surface area contributed by atoms with E-state index in [2.05, 4.69) is 32.3 Å². The molecule has 0 bridgehead atoms. The van der Waals surface area contributed by atoms with Crippen molar-refractivity contribution in [3.8, 4) is 0 Å². The molecule has 2 aliphatic rings. The van der Waals surface area contributed by atoms with Crippen LogP contribution in [0.1, 0.15) is 44.2 Å². The van der Waals surface area contributed by atoms with E-state index < -0.39 is 6.04 Å². The van der Waals surface area contributed by atoms with Crippen LogP contribution in [0.2, 0.25) is 0 Å². The summed E-state index contributed by atoms with van der Waals surface area (Å²) in [5.41, 5.74) is 2.30. The van der Waals surface area contributed by atoms with Crippen molar-refractivity contribution < 1.29 is 9.59 Å². The Kier molecular flexibility index (Phi) is 6.49. The van der Waals surface area contributed by atoms with E-state index in [1.165, 1.54) is 0 Å². The van der Waals surface area contributed by atoms with E-state index in [9.17, 15) is 9.59 Å². The van der Waals surface area contributed by atoms with Gasteiger partial charge in [-0.05, 0) is 36.0 Å². The second kappa shape index (κ2) is 9.45. The lowest BCUT2D eigenvalue weighted by Gasteiger charge is -2.38. The third-order valence-electron chi connectivity index (χ3n) is 6.13. The summed E-state index contributed by atoms with van der Waals surface area (Å²) in [6.07, 6.45) is 6.21. The highest BCUT2D eigenvalue weighted by Gasteiger charge is 2.35. The monoisotopic (exact) mass is 421 g/mol. The molecule has 1 saturated heterocycles. The molecule has 3 heterocycles. The number of carbonyl (C=O) groups is 2. The fourth-order valence-electron chi connectivity index (χ4n) is 4.46. The first-order chi connectivity index (χ1) is 15.0. The summed E-state index contributed by atoms with van der Waals surface area (Å²) < 4.78 is 0. The number of rotatable bonds is 5. The molecule has 0 aliphatic carbocycles. The number of aromatic nitrogens is 2. The Hall–Kier alpha value is -2.96. The van der Waals surface area contributed by atoms with E-state index >= 15 is 0 Å². The zero-order chi connectivity index (χ0) is 21.8. The second-order valence-electron chi connectivity index (χ2n) is 8.93. The van der Waals surface area contributed by atoms with Crippen LogP contribution in [-0.2, 0) is 22.6 Å². The zero-order valence-electron chi connectivity index (χ0n) is 18.3. The minimum atomic E-state index is -0.448. The van der Waals surface area contributed by atoms with Crippen LogP contribution in [0.4, 0.5) is 5.95 Å². The van der Waals surface area contributed by atoms with E-state index in [0.717, 1.165) is 43.0 Å². The molecule has 1 N–H and O–H groups in total. The molecule has 2 amide bonds. The van der Waals surface area contributed by atoms with Gasteiger partial charge in [0.1, 0.15) is 6.04 Å². The number of amides is 2. The van der Waals surface area contributed by atoms with Crippen LogP contribution in [0.25, 0.3) is 0 Å². The topological polar surface area (TPSA) is 78.4 Å². The molecule has 2 aromatic rings. The lowest BCUT2D eigenvalue weighted by atomic mass is 9.92. The summed E-state index contributed by atoms with van der Waals surface area (Å²) in [6.45, 7) is 6.19. The minimum Gasteiger partial charge on any atom is -0.351 e.